The van der Waals surface area contributed by atoms with E-state index in [4.69, 9.17) is 4.74 Å². The van der Waals surface area contributed by atoms with Crippen LogP contribution in [-0.2, 0) is 11.2 Å². The minimum Gasteiger partial charge on any atom is -0.496 e. The first-order chi connectivity index (χ1) is 16.5. The summed E-state index contributed by atoms with van der Waals surface area (Å²) in [6, 6.07) is 25.0. The van der Waals surface area contributed by atoms with Crippen molar-refractivity contribution in [3.8, 4) is 5.75 Å². The van der Waals surface area contributed by atoms with Gasteiger partial charge in [0.05, 0.1) is 18.7 Å². The van der Waals surface area contributed by atoms with Gasteiger partial charge in [-0.2, -0.15) is 0 Å². The second-order valence-corrected chi connectivity index (χ2v) is 10.6. The van der Waals surface area contributed by atoms with E-state index < -0.39 is 0 Å². The van der Waals surface area contributed by atoms with Gasteiger partial charge in [0.1, 0.15) is 5.75 Å². The number of rotatable bonds is 4. The standard InChI is InChI=1S/C29H21Br2NO2/c1-34-25-11-10-16-6-2-4-8-20(16)22(25)13-18-12-17-7-3-5-9-21(17)26(18)27-23-14-19(30)15-24(31)28(23)32-29(27)33/h2-12,14-15,26-27H,13H2,1H3,(H,32,33). The maximum atomic E-state index is 13.4. The number of fused-ring (bicyclic) bond motifs is 3. The smallest absolute Gasteiger partial charge is 0.232 e. The summed E-state index contributed by atoms with van der Waals surface area (Å²) in [5.74, 6) is 0.546. The Hall–Kier alpha value is -2.89. The monoisotopic (exact) mass is 573 g/mol. The second kappa shape index (κ2) is 8.40. The zero-order chi connectivity index (χ0) is 23.4. The van der Waals surface area contributed by atoms with Crippen LogP contribution in [0.25, 0.3) is 16.8 Å². The van der Waals surface area contributed by atoms with Crippen LogP contribution in [0.4, 0.5) is 5.69 Å². The van der Waals surface area contributed by atoms with E-state index in [1.807, 2.05) is 12.1 Å². The largest absolute Gasteiger partial charge is 0.496 e. The molecule has 1 amide bonds. The molecule has 2 unspecified atom stereocenters. The van der Waals surface area contributed by atoms with Gasteiger partial charge in [0.25, 0.3) is 0 Å². The number of carbonyl (C=O) groups excluding carboxylic acids is 1. The van der Waals surface area contributed by atoms with E-state index in [1.165, 1.54) is 27.5 Å². The SMILES string of the molecule is COc1ccc2ccccc2c1CC1=Cc2ccccc2C1C1C(=O)Nc2c(Br)cc(Br)cc21. The highest BCUT2D eigenvalue weighted by Crippen LogP contribution is 2.53. The van der Waals surface area contributed by atoms with E-state index >= 15 is 0 Å². The van der Waals surface area contributed by atoms with Crippen LogP contribution in [0.2, 0.25) is 0 Å². The van der Waals surface area contributed by atoms with Gasteiger partial charge in [-0.15, -0.1) is 0 Å². The molecule has 0 aromatic heterocycles. The maximum absolute atomic E-state index is 13.4. The predicted octanol–water partition coefficient (Wildman–Crippen LogP) is 7.83. The van der Waals surface area contributed by atoms with Crippen LogP contribution in [0, 0.1) is 0 Å². The Morgan fingerprint density at radius 2 is 1.71 bits per heavy atom. The molecule has 4 aromatic rings. The average Bonchev–Trinajstić information content (AvgIpc) is 3.35. The Morgan fingerprint density at radius 1 is 0.912 bits per heavy atom. The first kappa shape index (κ1) is 21.6. The summed E-state index contributed by atoms with van der Waals surface area (Å²) in [4.78, 5) is 13.4. The molecule has 4 aromatic carbocycles. The topological polar surface area (TPSA) is 38.3 Å². The molecule has 1 heterocycles. The highest BCUT2D eigenvalue weighted by Gasteiger charge is 2.43. The molecule has 0 spiro atoms. The molecule has 5 heteroatoms. The fraction of sp³-hybridized carbons (Fsp3) is 0.138. The van der Waals surface area contributed by atoms with Crippen LogP contribution < -0.4 is 10.1 Å². The lowest BCUT2D eigenvalue weighted by Crippen LogP contribution is -2.20. The molecule has 1 aliphatic carbocycles. The molecule has 1 aliphatic heterocycles. The van der Waals surface area contributed by atoms with Crippen molar-refractivity contribution in [3.05, 3.63) is 110 Å². The van der Waals surface area contributed by atoms with E-state index in [0.717, 1.165) is 31.5 Å². The van der Waals surface area contributed by atoms with Crippen LogP contribution in [0.15, 0.2) is 87.3 Å². The molecule has 168 valence electrons. The van der Waals surface area contributed by atoms with Crippen molar-refractivity contribution in [1.29, 1.82) is 0 Å². The van der Waals surface area contributed by atoms with E-state index in [1.54, 1.807) is 7.11 Å². The summed E-state index contributed by atoms with van der Waals surface area (Å²) < 4.78 is 7.63. The number of carbonyl (C=O) groups is 1. The van der Waals surface area contributed by atoms with Gasteiger partial charge in [0.2, 0.25) is 5.91 Å². The molecular formula is C29H21Br2NO2. The van der Waals surface area contributed by atoms with Crippen molar-refractivity contribution >= 4 is 60.3 Å². The normalized spacial score (nSPS) is 18.4. The fourth-order valence-corrected chi connectivity index (χ4v) is 6.86. The summed E-state index contributed by atoms with van der Waals surface area (Å²) in [5, 5.41) is 5.49. The van der Waals surface area contributed by atoms with Gasteiger partial charge < -0.3 is 10.1 Å². The summed E-state index contributed by atoms with van der Waals surface area (Å²) in [5.41, 5.74) is 6.63. The van der Waals surface area contributed by atoms with E-state index in [9.17, 15) is 4.79 Å². The van der Waals surface area contributed by atoms with Gasteiger partial charge in [-0.3, -0.25) is 4.79 Å². The Kier molecular flexibility index (Phi) is 5.34. The van der Waals surface area contributed by atoms with Crippen molar-refractivity contribution in [2.45, 2.75) is 18.3 Å². The Bertz CT molecular complexity index is 1510. The number of amides is 1. The number of benzene rings is 4. The molecule has 0 saturated heterocycles. The number of anilines is 1. The van der Waals surface area contributed by atoms with Crippen molar-refractivity contribution in [1.82, 2.24) is 0 Å². The molecule has 0 fully saturated rings. The third kappa shape index (κ3) is 3.41. The van der Waals surface area contributed by atoms with E-state index in [0.29, 0.717) is 6.42 Å². The van der Waals surface area contributed by atoms with Gasteiger partial charge in [0, 0.05) is 20.4 Å². The maximum Gasteiger partial charge on any atom is 0.232 e. The van der Waals surface area contributed by atoms with Crippen molar-refractivity contribution in [2.75, 3.05) is 12.4 Å². The average molecular weight is 575 g/mol. The van der Waals surface area contributed by atoms with Crippen molar-refractivity contribution in [3.63, 3.8) is 0 Å². The summed E-state index contributed by atoms with van der Waals surface area (Å²) in [6.45, 7) is 0. The number of halogens is 2. The molecule has 0 radical (unpaired) electrons. The Balaban J connectivity index is 1.51. The van der Waals surface area contributed by atoms with Crippen molar-refractivity contribution < 1.29 is 9.53 Å². The zero-order valence-electron chi connectivity index (χ0n) is 18.4. The molecule has 6 rings (SSSR count). The summed E-state index contributed by atoms with van der Waals surface area (Å²) in [7, 11) is 1.72. The quantitative estimate of drug-likeness (QED) is 0.270. The zero-order valence-corrected chi connectivity index (χ0v) is 21.6. The van der Waals surface area contributed by atoms with E-state index in [2.05, 4.69) is 104 Å². The molecule has 1 N–H and O–H groups in total. The molecular weight excluding hydrogens is 554 g/mol. The number of nitrogens with one attached hydrogen (secondary N) is 1. The summed E-state index contributed by atoms with van der Waals surface area (Å²) >= 11 is 7.25. The summed E-state index contributed by atoms with van der Waals surface area (Å²) in [6.07, 6.45) is 2.97. The second-order valence-electron chi connectivity index (χ2n) is 8.79. The molecule has 0 bridgehead atoms. The lowest BCUT2D eigenvalue weighted by Gasteiger charge is -2.24. The number of ether oxygens (including phenoxy) is 1. The van der Waals surface area contributed by atoms with Crippen LogP contribution in [0.3, 0.4) is 0 Å². The minimum atomic E-state index is -0.306. The predicted molar refractivity (Wildman–Crippen MR) is 145 cm³/mol. The van der Waals surface area contributed by atoms with Gasteiger partial charge >= 0.3 is 0 Å². The number of methoxy groups -OCH3 is 1. The fourth-order valence-electron chi connectivity index (χ4n) is 5.51. The number of hydrogen-bond acceptors (Lipinski definition) is 2. The molecule has 34 heavy (non-hydrogen) atoms. The van der Waals surface area contributed by atoms with Gasteiger partial charge in [0.15, 0.2) is 0 Å². The molecule has 0 saturated carbocycles. The number of hydrogen-bond donors (Lipinski definition) is 1. The molecule has 3 nitrogen and oxygen atoms in total. The van der Waals surface area contributed by atoms with Crippen LogP contribution in [0.5, 0.6) is 5.75 Å². The first-order valence-electron chi connectivity index (χ1n) is 11.2. The Labute approximate surface area is 215 Å². The van der Waals surface area contributed by atoms with Crippen LogP contribution in [0.1, 0.15) is 34.1 Å². The third-order valence-electron chi connectivity index (χ3n) is 6.95. The highest BCUT2D eigenvalue weighted by molar-refractivity contribution is 9.11. The van der Waals surface area contributed by atoms with Crippen molar-refractivity contribution in [2.24, 2.45) is 0 Å². The lowest BCUT2D eigenvalue weighted by molar-refractivity contribution is -0.117. The molecule has 2 atom stereocenters. The van der Waals surface area contributed by atoms with Gasteiger partial charge in [-0.25, -0.2) is 0 Å². The molecule has 2 aliphatic rings. The van der Waals surface area contributed by atoms with Gasteiger partial charge in [-0.05, 0) is 68.0 Å². The van der Waals surface area contributed by atoms with Crippen LogP contribution in [-0.4, -0.2) is 13.0 Å². The van der Waals surface area contributed by atoms with Gasteiger partial charge in [-0.1, -0.05) is 82.2 Å². The number of allylic oxidation sites excluding steroid dienone is 1. The third-order valence-corrected chi connectivity index (χ3v) is 8.04. The van der Waals surface area contributed by atoms with Crippen LogP contribution >= 0.6 is 31.9 Å². The lowest BCUT2D eigenvalue weighted by atomic mass is 9.78. The highest BCUT2D eigenvalue weighted by atomic mass is 79.9. The first-order valence-corrected chi connectivity index (χ1v) is 12.8. The van der Waals surface area contributed by atoms with E-state index in [-0.39, 0.29) is 17.7 Å². The minimum absolute atomic E-state index is 0.0336. The Morgan fingerprint density at radius 3 is 2.56 bits per heavy atom.